The van der Waals surface area contributed by atoms with E-state index in [1.807, 2.05) is 23.1 Å². The van der Waals surface area contributed by atoms with Crippen LogP contribution in [0, 0.1) is 0 Å². The van der Waals surface area contributed by atoms with Crippen LogP contribution in [0.3, 0.4) is 0 Å². The van der Waals surface area contributed by atoms with Crippen LogP contribution in [0.2, 0.25) is 0 Å². The van der Waals surface area contributed by atoms with E-state index in [1.165, 1.54) is 5.56 Å². The van der Waals surface area contributed by atoms with Crippen molar-refractivity contribution in [3.63, 3.8) is 0 Å². The minimum absolute atomic E-state index is 0.0287. The second kappa shape index (κ2) is 9.30. The molecule has 0 saturated carbocycles. The highest BCUT2D eigenvalue weighted by atomic mass is 16.2. The first-order chi connectivity index (χ1) is 11.2. The number of nitrogens with one attached hydrogen (secondary N) is 1. The Labute approximate surface area is 138 Å². The number of benzene rings is 1. The number of hydrogen-bond donors (Lipinski definition) is 1. The number of carbonyl (C=O) groups excluding carboxylic acids is 2. The van der Waals surface area contributed by atoms with Crippen molar-refractivity contribution in [1.29, 1.82) is 0 Å². The molecule has 126 valence electrons. The van der Waals surface area contributed by atoms with Gasteiger partial charge in [-0.1, -0.05) is 37.3 Å². The summed E-state index contributed by atoms with van der Waals surface area (Å²) in [6.07, 6.45) is 3.13. The molecule has 0 unspecified atom stereocenters. The number of nitrogens with zero attached hydrogens (tertiary/aromatic N) is 2. The topological polar surface area (TPSA) is 52.7 Å². The summed E-state index contributed by atoms with van der Waals surface area (Å²) in [5.41, 5.74) is 1.20. The molecule has 23 heavy (non-hydrogen) atoms. The molecule has 1 aliphatic rings. The highest BCUT2D eigenvalue weighted by Crippen LogP contribution is 2.07. The molecule has 0 atom stereocenters. The SMILES string of the molecule is CCCN(CC(=O)NCC(=O)N1CCCC1)Cc1ccccc1. The number of carbonyl (C=O) groups is 2. The molecule has 2 rings (SSSR count). The minimum Gasteiger partial charge on any atom is -0.346 e. The quantitative estimate of drug-likeness (QED) is 0.793. The summed E-state index contributed by atoms with van der Waals surface area (Å²) in [7, 11) is 0. The minimum atomic E-state index is -0.0815. The van der Waals surface area contributed by atoms with E-state index < -0.39 is 0 Å². The number of likely N-dealkylation sites (tertiary alicyclic amines) is 1. The highest BCUT2D eigenvalue weighted by Gasteiger charge is 2.18. The molecule has 1 heterocycles. The molecule has 5 heteroatoms. The van der Waals surface area contributed by atoms with Gasteiger partial charge in [0.15, 0.2) is 0 Å². The molecule has 0 bridgehead atoms. The van der Waals surface area contributed by atoms with E-state index in [1.54, 1.807) is 0 Å². The van der Waals surface area contributed by atoms with Gasteiger partial charge in [0.2, 0.25) is 11.8 Å². The van der Waals surface area contributed by atoms with Gasteiger partial charge >= 0.3 is 0 Å². The lowest BCUT2D eigenvalue weighted by Gasteiger charge is -2.21. The molecule has 5 nitrogen and oxygen atoms in total. The smallest absolute Gasteiger partial charge is 0.241 e. The Balaban J connectivity index is 1.77. The lowest BCUT2D eigenvalue weighted by atomic mass is 10.2. The van der Waals surface area contributed by atoms with Gasteiger partial charge in [-0.25, -0.2) is 0 Å². The second-order valence-electron chi connectivity index (χ2n) is 6.06. The monoisotopic (exact) mass is 317 g/mol. The van der Waals surface area contributed by atoms with E-state index in [9.17, 15) is 9.59 Å². The largest absolute Gasteiger partial charge is 0.346 e. The third-order valence-electron chi connectivity index (χ3n) is 4.05. The van der Waals surface area contributed by atoms with E-state index in [0.29, 0.717) is 6.54 Å². The van der Waals surface area contributed by atoms with Crippen LogP contribution in [0.15, 0.2) is 30.3 Å². The van der Waals surface area contributed by atoms with Gasteiger partial charge < -0.3 is 10.2 Å². The average Bonchev–Trinajstić information content (AvgIpc) is 3.08. The molecule has 1 fully saturated rings. The van der Waals surface area contributed by atoms with Gasteiger partial charge in [-0.05, 0) is 31.4 Å². The van der Waals surface area contributed by atoms with Gasteiger partial charge in [0.05, 0.1) is 13.1 Å². The third-order valence-corrected chi connectivity index (χ3v) is 4.05. The standard InChI is InChI=1S/C18H27N3O2/c1-2-10-20(14-16-8-4-3-5-9-16)15-17(22)19-13-18(23)21-11-6-7-12-21/h3-5,8-9H,2,6-7,10-15H2,1H3,(H,19,22). The van der Waals surface area contributed by atoms with Crippen molar-refractivity contribution in [2.24, 2.45) is 0 Å². The summed E-state index contributed by atoms with van der Waals surface area (Å²) in [4.78, 5) is 28.0. The van der Waals surface area contributed by atoms with Gasteiger partial charge in [0.1, 0.15) is 0 Å². The zero-order valence-corrected chi connectivity index (χ0v) is 14.0. The Bertz CT molecular complexity index is 498. The summed E-state index contributed by atoms with van der Waals surface area (Å²) in [6.45, 7) is 5.81. The van der Waals surface area contributed by atoms with Crippen LogP contribution in [0.25, 0.3) is 0 Å². The van der Waals surface area contributed by atoms with Crippen molar-refractivity contribution in [3.05, 3.63) is 35.9 Å². The fourth-order valence-electron chi connectivity index (χ4n) is 2.88. The Kier molecular flexibility index (Phi) is 7.07. The van der Waals surface area contributed by atoms with E-state index in [4.69, 9.17) is 0 Å². The van der Waals surface area contributed by atoms with Crippen molar-refractivity contribution < 1.29 is 9.59 Å². The first-order valence-corrected chi connectivity index (χ1v) is 8.49. The van der Waals surface area contributed by atoms with Crippen LogP contribution in [-0.4, -0.2) is 54.3 Å². The van der Waals surface area contributed by atoms with Crippen LogP contribution >= 0.6 is 0 Å². The number of hydrogen-bond acceptors (Lipinski definition) is 3. The molecule has 0 aromatic heterocycles. The van der Waals surface area contributed by atoms with Crippen molar-refractivity contribution in [2.75, 3.05) is 32.7 Å². The molecule has 1 N–H and O–H groups in total. The molecule has 0 radical (unpaired) electrons. The van der Waals surface area contributed by atoms with Crippen LogP contribution < -0.4 is 5.32 Å². The summed E-state index contributed by atoms with van der Waals surface area (Å²) < 4.78 is 0. The van der Waals surface area contributed by atoms with Crippen molar-refractivity contribution in [1.82, 2.24) is 15.1 Å². The maximum Gasteiger partial charge on any atom is 0.241 e. The normalized spacial score (nSPS) is 14.3. The fourth-order valence-corrected chi connectivity index (χ4v) is 2.88. The van der Waals surface area contributed by atoms with Gasteiger partial charge in [0, 0.05) is 19.6 Å². The molecule has 1 saturated heterocycles. The highest BCUT2D eigenvalue weighted by molar-refractivity contribution is 5.85. The van der Waals surface area contributed by atoms with Crippen LogP contribution in [0.1, 0.15) is 31.7 Å². The van der Waals surface area contributed by atoms with E-state index in [2.05, 4.69) is 29.3 Å². The molecule has 0 spiro atoms. The zero-order valence-electron chi connectivity index (χ0n) is 14.0. The molecule has 1 aromatic carbocycles. The summed E-state index contributed by atoms with van der Waals surface area (Å²) in [5.74, 6) is -0.0529. The fraction of sp³-hybridized carbons (Fsp3) is 0.556. The summed E-state index contributed by atoms with van der Waals surface area (Å²) in [5, 5.41) is 2.76. The van der Waals surface area contributed by atoms with Crippen molar-refractivity contribution >= 4 is 11.8 Å². The Morgan fingerprint density at radius 2 is 1.87 bits per heavy atom. The number of rotatable bonds is 8. The molecular weight excluding hydrogens is 290 g/mol. The molecule has 2 amide bonds. The average molecular weight is 317 g/mol. The van der Waals surface area contributed by atoms with E-state index >= 15 is 0 Å². The van der Waals surface area contributed by atoms with Crippen LogP contribution in [-0.2, 0) is 16.1 Å². The molecular formula is C18H27N3O2. The van der Waals surface area contributed by atoms with Crippen LogP contribution in [0.4, 0.5) is 0 Å². The lowest BCUT2D eigenvalue weighted by Crippen LogP contribution is -2.42. The summed E-state index contributed by atoms with van der Waals surface area (Å²) >= 11 is 0. The third kappa shape index (κ3) is 6.02. The zero-order chi connectivity index (χ0) is 16.5. The molecule has 0 aliphatic carbocycles. The maximum absolute atomic E-state index is 12.1. The summed E-state index contributed by atoms with van der Waals surface area (Å²) in [6, 6.07) is 10.1. The van der Waals surface area contributed by atoms with Gasteiger partial charge in [-0.15, -0.1) is 0 Å². The Morgan fingerprint density at radius 3 is 2.52 bits per heavy atom. The van der Waals surface area contributed by atoms with Crippen molar-refractivity contribution in [3.8, 4) is 0 Å². The number of amides is 2. The predicted octanol–water partition coefficient (Wildman–Crippen LogP) is 1.64. The first-order valence-electron chi connectivity index (χ1n) is 8.49. The predicted molar refractivity (Wildman–Crippen MR) is 90.8 cm³/mol. The molecule has 1 aromatic rings. The maximum atomic E-state index is 12.1. The Morgan fingerprint density at radius 1 is 1.17 bits per heavy atom. The molecule has 1 aliphatic heterocycles. The van der Waals surface area contributed by atoms with Gasteiger partial charge in [-0.3, -0.25) is 14.5 Å². The lowest BCUT2D eigenvalue weighted by molar-refractivity contribution is -0.132. The van der Waals surface area contributed by atoms with E-state index in [-0.39, 0.29) is 18.4 Å². The van der Waals surface area contributed by atoms with E-state index in [0.717, 1.165) is 45.4 Å². The van der Waals surface area contributed by atoms with Gasteiger partial charge in [-0.2, -0.15) is 0 Å². The van der Waals surface area contributed by atoms with Crippen LogP contribution in [0.5, 0.6) is 0 Å². The van der Waals surface area contributed by atoms with Crippen molar-refractivity contribution in [2.45, 2.75) is 32.7 Å². The second-order valence-corrected chi connectivity index (χ2v) is 6.06. The van der Waals surface area contributed by atoms with Gasteiger partial charge in [0.25, 0.3) is 0 Å². The first kappa shape index (κ1) is 17.5. The Hall–Kier alpha value is -1.88.